The largest absolute Gasteiger partial charge is 0.461 e. The van der Waals surface area contributed by atoms with E-state index in [4.69, 9.17) is 10.5 Å². The average molecular weight is 379 g/mol. The second kappa shape index (κ2) is 8.98. The first kappa shape index (κ1) is 20.2. The van der Waals surface area contributed by atoms with E-state index in [1.165, 1.54) is 21.1 Å². The van der Waals surface area contributed by atoms with Crippen LogP contribution in [0.15, 0.2) is 47.5 Å². The van der Waals surface area contributed by atoms with Gasteiger partial charge in [-0.2, -0.15) is 4.31 Å². The molecular weight excluding hydrogens is 354 g/mol. The standard InChI is InChI=1S/C18H25N3O4S/c1-3-25-18(22)17-13-16(14-20(17)2)26(23,24)21(12-10-19)11-9-15-7-5-4-6-8-15/h4-8,13-14H,3,9-12,19H2,1-2H3. The predicted octanol–water partition coefficient (Wildman–Crippen LogP) is 1.39. The van der Waals surface area contributed by atoms with Gasteiger partial charge in [0.2, 0.25) is 10.0 Å². The fourth-order valence-electron chi connectivity index (χ4n) is 2.63. The summed E-state index contributed by atoms with van der Waals surface area (Å²) >= 11 is 0. The Bertz CT molecular complexity index is 831. The lowest BCUT2D eigenvalue weighted by molar-refractivity contribution is 0.0515. The Morgan fingerprint density at radius 3 is 2.54 bits per heavy atom. The summed E-state index contributed by atoms with van der Waals surface area (Å²) in [6, 6.07) is 11.0. The third-order valence-corrected chi connectivity index (χ3v) is 5.84. The molecule has 0 radical (unpaired) electrons. The number of esters is 1. The molecule has 7 nitrogen and oxygen atoms in total. The van der Waals surface area contributed by atoms with Gasteiger partial charge in [0.05, 0.1) is 6.61 Å². The molecule has 1 aromatic heterocycles. The summed E-state index contributed by atoms with van der Waals surface area (Å²) in [6.45, 7) is 2.66. The first-order valence-electron chi connectivity index (χ1n) is 8.47. The number of nitrogens with zero attached hydrogens (tertiary/aromatic N) is 2. The van der Waals surface area contributed by atoms with Crippen LogP contribution in [0.2, 0.25) is 0 Å². The highest BCUT2D eigenvalue weighted by Crippen LogP contribution is 2.19. The van der Waals surface area contributed by atoms with Gasteiger partial charge in [-0.25, -0.2) is 13.2 Å². The third-order valence-electron chi connectivity index (χ3n) is 3.97. The molecule has 26 heavy (non-hydrogen) atoms. The van der Waals surface area contributed by atoms with Gasteiger partial charge in [0.15, 0.2) is 0 Å². The van der Waals surface area contributed by atoms with E-state index < -0.39 is 16.0 Å². The van der Waals surface area contributed by atoms with Crippen LogP contribution in [0.3, 0.4) is 0 Å². The minimum Gasteiger partial charge on any atom is -0.461 e. The van der Waals surface area contributed by atoms with Gasteiger partial charge in [0.1, 0.15) is 10.6 Å². The maximum Gasteiger partial charge on any atom is 0.354 e. The molecule has 0 unspecified atom stereocenters. The molecular formula is C18H25N3O4S. The van der Waals surface area contributed by atoms with Crippen LogP contribution in [0, 0.1) is 0 Å². The third kappa shape index (κ3) is 4.72. The number of carbonyl (C=O) groups excluding carboxylic acids is 1. The number of hydrogen-bond donors (Lipinski definition) is 1. The van der Waals surface area contributed by atoms with Crippen molar-refractivity contribution in [3.8, 4) is 0 Å². The summed E-state index contributed by atoms with van der Waals surface area (Å²) in [7, 11) is -2.15. The predicted molar refractivity (Wildman–Crippen MR) is 99.3 cm³/mol. The Labute approximate surface area is 154 Å². The van der Waals surface area contributed by atoms with Crippen LogP contribution in [-0.4, -0.2) is 49.5 Å². The molecule has 0 saturated heterocycles. The van der Waals surface area contributed by atoms with Crippen molar-refractivity contribution >= 4 is 16.0 Å². The second-order valence-electron chi connectivity index (χ2n) is 5.82. The van der Waals surface area contributed by atoms with Crippen molar-refractivity contribution < 1.29 is 17.9 Å². The minimum atomic E-state index is -3.76. The summed E-state index contributed by atoms with van der Waals surface area (Å²) in [5.74, 6) is -0.550. The van der Waals surface area contributed by atoms with E-state index in [9.17, 15) is 13.2 Å². The Morgan fingerprint density at radius 2 is 1.92 bits per heavy atom. The van der Waals surface area contributed by atoms with E-state index in [0.29, 0.717) is 13.0 Å². The number of sulfonamides is 1. The lowest BCUT2D eigenvalue weighted by Gasteiger charge is -2.21. The molecule has 0 spiro atoms. The zero-order valence-corrected chi connectivity index (χ0v) is 15.9. The second-order valence-corrected chi connectivity index (χ2v) is 7.76. The van der Waals surface area contributed by atoms with Gasteiger partial charge in [0, 0.05) is 32.9 Å². The van der Waals surface area contributed by atoms with Gasteiger partial charge in [-0.05, 0) is 25.0 Å². The zero-order chi connectivity index (χ0) is 19.2. The highest BCUT2D eigenvalue weighted by atomic mass is 32.2. The molecule has 2 N–H and O–H groups in total. The molecule has 2 aromatic rings. The van der Waals surface area contributed by atoms with Crippen molar-refractivity contribution in [2.24, 2.45) is 12.8 Å². The molecule has 1 aromatic carbocycles. The molecule has 0 amide bonds. The molecule has 8 heteroatoms. The van der Waals surface area contributed by atoms with Gasteiger partial charge in [-0.1, -0.05) is 30.3 Å². The Kier molecular flexibility index (Phi) is 6.96. The van der Waals surface area contributed by atoms with Gasteiger partial charge in [-0.3, -0.25) is 0 Å². The molecule has 142 valence electrons. The number of hydrogen-bond acceptors (Lipinski definition) is 5. The molecule has 0 saturated carbocycles. The van der Waals surface area contributed by atoms with E-state index in [1.807, 2.05) is 30.3 Å². The Morgan fingerprint density at radius 1 is 1.23 bits per heavy atom. The van der Waals surface area contributed by atoms with Crippen molar-refractivity contribution in [3.63, 3.8) is 0 Å². The monoisotopic (exact) mass is 379 g/mol. The number of aromatic nitrogens is 1. The number of nitrogens with two attached hydrogens (primary N) is 1. The zero-order valence-electron chi connectivity index (χ0n) is 15.1. The summed E-state index contributed by atoms with van der Waals surface area (Å²) in [5.41, 5.74) is 6.85. The lowest BCUT2D eigenvalue weighted by atomic mass is 10.1. The molecule has 0 fully saturated rings. The minimum absolute atomic E-state index is 0.0598. The first-order chi connectivity index (χ1) is 12.4. The Hall–Kier alpha value is -2.16. The fourth-order valence-corrected chi connectivity index (χ4v) is 4.15. The molecule has 0 atom stereocenters. The number of carbonyl (C=O) groups is 1. The summed E-state index contributed by atoms with van der Waals surface area (Å²) in [4.78, 5) is 12.0. The molecule has 1 heterocycles. The topological polar surface area (TPSA) is 94.6 Å². The van der Waals surface area contributed by atoms with Crippen LogP contribution in [0.4, 0.5) is 0 Å². The van der Waals surface area contributed by atoms with Crippen LogP contribution < -0.4 is 5.73 Å². The van der Waals surface area contributed by atoms with Crippen LogP contribution in [0.1, 0.15) is 23.0 Å². The van der Waals surface area contributed by atoms with Crippen molar-refractivity contribution in [1.29, 1.82) is 0 Å². The summed E-state index contributed by atoms with van der Waals surface area (Å²) in [5, 5.41) is 0. The smallest absolute Gasteiger partial charge is 0.354 e. The van der Waals surface area contributed by atoms with Crippen molar-refractivity contribution in [3.05, 3.63) is 53.9 Å². The SMILES string of the molecule is CCOC(=O)c1cc(S(=O)(=O)N(CCN)CCc2ccccc2)cn1C. The van der Waals surface area contributed by atoms with Gasteiger partial charge >= 0.3 is 5.97 Å². The van der Waals surface area contributed by atoms with E-state index in [1.54, 1.807) is 14.0 Å². The quantitative estimate of drug-likeness (QED) is 0.665. The van der Waals surface area contributed by atoms with Gasteiger partial charge in [-0.15, -0.1) is 0 Å². The normalized spacial score (nSPS) is 11.7. The van der Waals surface area contributed by atoms with Crippen molar-refractivity contribution in [2.45, 2.75) is 18.2 Å². The molecule has 0 aliphatic carbocycles. The lowest BCUT2D eigenvalue weighted by Crippen LogP contribution is -2.36. The summed E-state index contributed by atoms with van der Waals surface area (Å²) in [6.07, 6.45) is 2.01. The van der Waals surface area contributed by atoms with Gasteiger partial charge < -0.3 is 15.0 Å². The highest BCUT2D eigenvalue weighted by molar-refractivity contribution is 7.89. The highest BCUT2D eigenvalue weighted by Gasteiger charge is 2.27. The number of ether oxygens (including phenoxy) is 1. The van der Waals surface area contributed by atoms with Crippen LogP contribution in [0.5, 0.6) is 0 Å². The number of benzene rings is 1. The summed E-state index contributed by atoms with van der Waals surface area (Å²) < 4.78 is 33.8. The molecule has 2 rings (SSSR count). The maximum atomic E-state index is 13.0. The number of aryl methyl sites for hydroxylation is 1. The molecule has 0 aliphatic heterocycles. The van der Waals surface area contributed by atoms with E-state index in [2.05, 4.69) is 0 Å². The van der Waals surface area contributed by atoms with Crippen molar-refractivity contribution in [1.82, 2.24) is 8.87 Å². The van der Waals surface area contributed by atoms with E-state index in [0.717, 1.165) is 5.56 Å². The average Bonchev–Trinajstić information content (AvgIpc) is 3.02. The van der Waals surface area contributed by atoms with Crippen LogP contribution in [-0.2, 0) is 28.2 Å². The maximum absolute atomic E-state index is 13.0. The van der Waals surface area contributed by atoms with Crippen LogP contribution >= 0.6 is 0 Å². The number of rotatable bonds is 9. The molecule has 0 aliphatic rings. The molecule has 0 bridgehead atoms. The van der Waals surface area contributed by atoms with Gasteiger partial charge in [0.25, 0.3) is 0 Å². The first-order valence-corrected chi connectivity index (χ1v) is 9.91. The fraction of sp³-hybridized carbons (Fsp3) is 0.389. The van der Waals surface area contributed by atoms with E-state index >= 15 is 0 Å². The van der Waals surface area contributed by atoms with Crippen LogP contribution in [0.25, 0.3) is 0 Å². The van der Waals surface area contributed by atoms with E-state index in [-0.39, 0.29) is 30.3 Å². The Balaban J connectivity index is 2.23. The van der Waals surface area contributed by atoms with Crippen molar-refractivity contribution in [2.75, 3.05) is 26.2 Å².